The Kier molecular flexibility index (Phi) is 6.19. The van der Waals surface area contributed by atoms with Crippen LogP contribution in [0.5, 0.6) is 0 Å². The molecule has 4 rings (SSSR count). The first-order chi connectivity index (χ1) is 14.4. The molecule has 2 aromatic heterocycles. The lowest BCUT2D eigenvalue weighted by Crippen LogP contribution is -2.34. The fourth-order valence-corrected chi connectivity index (χ4v) is 4.27. The van der Waals surface area contributed by atoms with Gasteiger partial charge in [-0.3, -0.25) is 4.31 Å². The van der Waals surface area contributed by atoms with Crippen molar-refractivity contribution in [2.24, 2.45) is 0 Å². The lowest BCUT2D eigenvalue weighted by atomic mass is 9.99. The van der Waals surface area contributed by atoms with Crippen LogP contribution in [0.2, 0.25) is 5.02 Å². The number of rotatable bonds is 6. The number of ether oxygens (including phenoxy) is 1. The average molecular weight is 451 g/mol. The number of hydrogen-bond donors (Lipinski definition) is 3. The number of aromatic nitrogens is 3. The summed E-state index contributed by atoms with van der Waals surface area (Å²) in [5, 5.41) is 33.3. The van der Waals surface area contributed by atoms with Crippen molar-refractivity contribution in [1.82, 2.24) is 14.5 Å². The van der Waals surface area contributed by atoms with Crippen molar-refractivity contribution in [3.8, 4) is 0 Å². The van der Waals surface area contributed by atoms with Crippen LogP contribution in [0, 0.1) is 0 Å². The Bertz CT molecular complexity index is 1010. The molecule has 0 bridgehead atoms. The molecule has 3 aromatic rings. The van der Waals surface area contributed by atoms with Crippen LogP contribution in [0.1, 0.15) is 24.8 Å². The minimum Gasteiger partial charge on any atom is -0.387 e. The molecule has 10 heteroatoms. The summed E-state index contributed by atoms with van der Waals surface area (Å²) in [5.74, 6) is 0.545. The zero-order valence-corrected chi connectivity index (χ0v) is 18.0. The largest absolute Gasteiger partial charge is 0.387 e. The monoisotopic (exact) mass is 450 g/mol. The van der Waals surface area contributed by atoms with Gasteiger partial charge in [0, 0.05) is 35.6 Å². The van der Waals surface area contributed by atoms with E-state index in [1.165, 1.54) is 11.9 Å². The van der Waals surface area contributed by atoms with Crippen LogP contribution >= 0.6 is 23.5 Å². The number of nitrogens with zero attached hydrogens (tertiary/aromatic N) is 4. The highest BCUT2D eigenvalue weighted by Gasteiger charge is 2.47. The molecule has 5 atom stereocenters. The number of aliphatic hydroxyl groups excluding tert-OH is 3. The second-order valence-electron chi connectivity index (χ2n) is 7.02. The Labute approximate surface area is 183 Å². The van der Waals surface area contributed by atoms with Gasteiger partial charge in [-0.25, -0.2) is 4.98 Å². The number of hydrogen-bond acceptors (Lipinski definition) is 8. The number of anilines is 1. The Morgan fingerprint density at radius 1 is 1.23 bits per heavy atom. The molecule has 3 heterocycles. The Morgan fingerprint density at radius 2 is 1.97 bits per heavy atom. The summed E-state index contributed by atoms with van der Waals surface area (Å²) in [4.78, 5) is 9.02. The maximum Gasteiger partial charge on any atom is 0.237 e. The van der Waals surface area contributed by atoms with Crippen molar-refractivity contribution < 1.29 is 20.1 Å². The predicted molar refractivity (Wildman–Crippen MR) is 116 cm³/mol. The van der Waals surface area contributed by atoms with Crippen molar-refractivity contribution in [3.05, 3.63) is 53.3 Å². The van der Waals surface area contributed by atoms with Gasteiger partial charge in [0.2, 0.25) is 5.95 Å². The fourth-order valence-electron chi connectivity index (χ4n) is 3.63. The summed E-state index contributed by atoms with van der Waals surface area (Å²) in [7, 11) is 0. The molecule has 0 amide bonds. The molecular weight excluding hydrogens is 428 g/mol. The normalized spacial score (nSPS) is 25.0. The molecule has 1 saturated heterocycles. The predicted octanol–water partition coefficient (Wildman–Crippen LogP) is 2.54. The smallest absolute Gasteiger partial charge is 0.237 e. The topological polar surface area (TPSA) is 104 Å². The minimum atomic E-state index is -1.28. The van der Waals surface area contributed by atoms with E-state index in [1.54, 1.807) is 41.2 Å². The van der Waals surface area contributed by atoms with E-state index in [2.05, 4.69) is 9.97 Å². The van der Waals surface area contributed by atoms with E-state index in [9.17, 15) is 15.3 Å². The van der Waals surface area contributed by atoms with E-state index in [4.69, 9.17) is 16.3 Å². The summed E-state index contributed by atoms with van der Waals surface area (Å²) in [6.45, 7) is 2.73. The quantitative estimate of drug-likeness (QED) is 0.492. The first kappa shape index (κ1) is 21.4. The molecule has 160 valence electrons. The van der Waals surface area contributed by atoms with E-state index in [1.807, 2.05) is 23.6 Å². The van der Waals surface area contributed by atoms with Crippen LogP contribution in [0.15, 0.2) is 42.7 Å². The highest BCUT2D eigenvalue weighted by molar-refractivity contribution is 7.99. The van der Waals surface area contributed by atoms with E-state index in [0.717, 1.165) is 11.9 Å². The van der Waals surface area contributed by atoms with Gasteiger partial charge < -0.3 is 24.6 Å². The summed E-state index contributed by atoms with van der Waals surface area (Å²) in [6.07, 6.45) is -0.178. The third-order valence-corrected chi connectivity index (χ3v) is 6.36. The molecule has 1 aliphatic heterocycles. The number of halogens is 1. The zero-order valence-electron chi connectivity index (χ0n) is 16.5. The van der Waals surface area contributed by atoms with Gasteiger partial charge in [0.15, 0.2) is 6.23 Å². The van der Waals surface area contributed by atoms with Crippen LogP contribution in [0.25, 0.3) is 11.0 Å². The number of aliphatic hydroxyl groups is 3. The third kappa shape index (κ3) is 3.77. The average Bonchev–Trinajstić information content (AvgIpc) is 3.30. The second-order valence-corrected chi connectivity index (χ2v) is 8.26. The second kappa shape index (κ2) is 8.70. The first-order valence-corrected chi connectivity index (χ1v) is 11.1. The molecular formula is C20H23ClN4O4S. The van der Waals surface area contributed by atoms with Crippen molar-refractivity contribution in [3.63, 3.8) is 0 Å². The van der Waals surface area contributed by atoms with Crippen molar-refractivity contribution in [2.75, 3.05) is 17.1 Å². The Balaban J connectivity index is 1.64. The molecule has 0 radical (unpaired) electrons. The summed E-state index contributed by atoms with van der Waals surface area (Å²) < 4.78 is 9.54. The molecule has 30 heavy (non-hydrogen) atoms. The lowest BCUT2D eigenvalue weighted by Gasteiger charge is -2.21. The van der Waals surface area contributed by atoms with Crippen molar-refractivity contribution in [2.45, 2.75) is 37.6 Å². The van der Waals surface area contributed by atoms with Gasteiger partial charge in [-0.2, -0.15) is 4.98 Å². The van der Waals surface area contributed by atoms with Gasteiger partial charge in [-0.15, -0.1) is 0 Å². The number of fused-ring (bicyclic) bond motifs is 1. The first-order valence-electron chi connectivity index (χ1n) is 9.55. The van der Waals surface area contributed by atoms with Gasteiger partial charge in [-0.1, -0.05) is 35.7 Å². The highest BCUT2D eigenvalue weighted by Crippen LogP contribution is 2.37. The zero-order chi connectivity index (χ0) is 21.4. The minimum absolute atomic E-state index is 0.539. The molecule has 0 saturated carbocycles. The molecule has 0 aliphatic carbocycles. The van der Waals surface area contributed by atoms with Gasteiger partial charge in [0.05, 0.1) is 0 Å². The summed E-state index contributed by atoms with van der Waals surface area (Å²) in [5.41, 5.74) is 1.11. The molecule has 1 aromatic carbocycles. The Hall–Kier alpha value is -1.88. The molecule has 8 nitrogen and oxygen atoms in total. The maximum atomic E-state index is 10.7. The standard InChI is InChI=1S/C20H23ClN4O4S/c1-3-25(30-2)20-22-10-12-8-9-24(18(12)23-20)19-16(28)15(27)17(29-19)14(26)11-4-6-13(21)7-5-11/h4-10,14-17,19,26-28H,3H2,1-2H3/t14-,15+,16-,17-,19-/m1/s1. The maximum absolute atomic E-state index is 10.7. The fraction of sp³-hybridized carbons (Fsp3) is 0.400. The van der Waals surface area contributed by atoms with Gasteiger partial charge in [-0.05, 0) is 30.7 Å². The van der Waals surface area contributed by atoms with Crippen molar-refractivity contribution >= 4 is 40.5 Å². The molecule has 0 spiro atoms. The van der Waals surface area contributed by atoms with Crippen LogP contribution in [-0.2, 0) is 4.74 Å². The van der Waals surface area contributed by atoms with E-state index in [0.29, 0.717) is 22.2 Å². The molecule has 1 fully saturated rings. The lowest BCUT2D eigenvalue weighted by molar-refractivity contribution is -0.0848. The van der Waals surface area contributed by atoms with Crippen LogP contribution in [-0.4, -0.2) is 61.0 Å². The molecule has 1 aliphatic rings. The van der Waals surface area contributed by atoms with Gasteiger partial charge in [0.1, 0.15) is 30.1 Å². The van der Waals surface area contributed by atoms with Crippen LogP contribution in [0.4, 0.5) is 5.95 Å². The number of benzene rings is 1. The summed E-state index contributed by atoms with van der Waals surface area (Å²) in [6, 6.07) is 8.45. The Morgan fingerprint density at radius 3 is 2.63 bits per heavy atom. The van der Waals surface area contributed by atoms with Crippen LogP contribution in [0.3, 0.4) is 0 Å². The summed E-state index contributed by atoms with van der Waals surface area (Å²) >= 11 is 7.42. The van der Waals surface area contributed by atoms with Crippen LogP contribution < -0.4 is 4.31 Å². The SMILES string of the molecule is CCN(SC)c1ncc2ccn([C@@H]3O[C@H]([C@H](O)c4ccc(Cl)cc4)[C@@H](O)[C@H]3O)c2n1. The molecule has 3 N–H and O–H groups in total. The van der Waals surface area contributed by atoms with E-state index in [-0.39, 0.29) is 0 Å². The highest BCUT2D eigenvalue weighted by atomic mass is 35.5. The molecule has 0 unspecified atom stereocenters. The van der Waals surface area contributed by atoms with E-state index >= 15 is 0 Å². The third-order valence-electron chi connectivity index (χ3n) is 5.25. The van der Waals surface area contributed by atoms with Gasteiger partial charge >= 0.3 is 0 Å². The van der Waals surface area contributed by atoms with Crippen molar-refractivity contribution in [1.29, 1.82) is 0 Å². The van der Waals surface area contributed by atoms with E-state index < -0.39 is 30.6 Å². The van der Waals surface area contributed by atoms with Gasteiger partial charge in [0.25, 0.3) is 0 Å².